The average molecular weight is 327 g/mol. The molecule has 2 amide bonds. The number of benzene rings is 1. The van der Waals surface area contributed by atoms with Crippen LogP contribution in [-0.4, -0.2) is 29.1 Å². The summed E-state index contributed by atoms with van der Waals surface area (Å²) in [7, 11) is 0. The van der Waals surface area contributed by atoms with E-state index in [9.17, 15) is 14.7 Å². The smallest absolute Gasteiger partial charge is 0.313 e. The molecule has 0 spiro atoms. The molecule has 0 aliphatic rings. The molecule has 0 fully saturated rings. The summed E-state index contributed by atoms with van der Waals surface area (Å²) in [5, 5.41) is 15.5. The quantitative estimate of drug-likeness (QED) is 0.727. The second-order valence-electron chi connectivity index (χ2n) is 5.79. The molecule has 22 heavy (non-hydrogen) atoms. The Morgan fingerprint density at radius 3 is 2.55 bits per heavy atom. The Morgan fingerprint density at radius 1 is 1.36 bits per heavy atom. The van der Waals surface area contributed by atoms with Crippen LogP contribution in [0.2, 0.25) is 5.02 Å². The molecule has 0 aliphatic carbocycles. The van der Waals surface area contributed by atoms with Crippen LogP contribution in [0.1, 0.15) is 32.8 Å². The van der Waals surface area contributed by atoms with Crippen LogP contribution >= 0.6 is 11.6 Å². The largest absolute Gasteiger partial charge is 0.388 e. The van der Waals surface area contributed by atoms with Crippen LogP contribution in [-0.2, 0) is 9.59 Å². The minimum absolute atomic E-state index is 0.00223. The number of halogens is 1. The highest BCUT2D eigenvalue weighted by Crippen LogP contribution is 2.22. The molecule has 0 radical (unpaired) electrons. The first kappa shape index (κ1) is 18.5. The summed E-state index contributed by atoms with van der Waals surface area (Å²) in [6, 6.07) is 5.12. The van der Waals surface area contributed by atoms with Crippen molar-refractivity contribution in [2.75, 3.05) is 11.9 Å². The number of nitrogens with one attached hydrogen (secondary N) is 2. The molecule has 0 aliphatic heterocycles. The van der Waals surface area contributed by atoms with Gasteiger partial charge in [0.2, 0.25) is 0 Å². The van der Waals surface area contributed by atoms with E-state index in [1.165, 1.54) is 0 Å². The Balaban J connectivity index is 2.61. The molecule has 0 heterocycles. The number of carbonyl (C=O) groups excluding carboxylic acids is 2. The maximum Gasteiger partial charge on any atom is 0.313 e. The highest BCUT2D eigenvalue weighted by Gasteiger charge is 2.28. The molecule has 5 nitrogen and oxygen atoms in total. The molecule has 2 atom stereocenters. The van der Waals surface area contributed by atoms with Gasteiger partial charge in [-0.15, -0.1) is 0 Å². The summed E-state index contributed by atoms with van der Waals surface area (Å²) in [6.45, 7) is 7.36. The summed E-state index contributed by atoms with van der Waals surface area (Å²) >= 11 is 6.00. The lowest BCUT2D eigenvalue weighted by molar-refractivity contribution is -0.137. The summed E-state index contributed by atoms with van der Waals surface area (Å²) < 4.78 is 0. The van der Waals surface area contributed by atoms with Crippen molar-refractivity contribution in [3.8, 4) is 0 Å². The van der Waals surface area contributed by atoms with E-state index in [1.54, 1.807) is 25.1 Å². The van der Waals surface area contributed by atoms with Crippen molar-refractivity contribution < 1.29 is 14.7 Å². The fourth-order valence-electron chi connectivity index (χ4n) is 1.85. The van der Waals surface area contributed by atoms with Gasteiger partial charge in [0.15, 0.2) is 0 Å². The summed E-state index contributed by atoms with van der Waals surface area (Å²) in [6.07, 6.45) is 0.772. The zero-order chi connectivity index (χ0) is 16.9. The van der Waals surface area contributed by atoms with E-state index in [2.05, 4.69) is 10.6 Å². The number of amides is 2. The van der Waals surface area contributed by atoms with Gasteiger partial charge in [0.05, 0.1) is 16.3 Å². The van der Waals surface area contributed by atoms with Gasteiger partial charge in [-0.1, -0.05) is 37.9 Å². The number of rotatable bonds is 5. The standard InChI is InChI=1S/C16H23ClN2O3/c1-5-11(3)16(4,22)9-18-14(20)15(21)19-13-7-6-10(2)8-12(13)17/h6-8,11,22H,5,9H2,1-4H3,(H,18,20)(H,19,21). The second kappa shape index (κ2) is 7.61. The van der Waals surface area contributed by atoms with Crippen LogP contribution in [0.5, 0.6) is 0 Å². The first-order valence-corrected chi connectivity index (χ1v) is 7.63. The summed E-state index contributed by atoms with van der Waals surface area (Å²) in [5.74, 6) is -1.62. The first-order chi connectivity index (χ1) is 10.2. The highest BCUT2D eigenvalue weighted by atomic mass is 35.5. The Morgan fingerprint density at radius 2 is 2.00 bits per heavy atom. The van der Waals surface area contributed by atoms with Crippen molar-refractivity contribution in [3.05, 3.63) is 28.8 Å². The maximum absolute atomic E-state index is 11.8. The van der Waals surface area contributed by atoms with Crippen molar-refractivity contribution in [3.63, 3.8) is 0 Å². The van der Waals surface area contributed by atoms with Gasteiger partial charge >= 0.3 is 11.8 Å². The first-order valence-electron chi connectivity index (χ1n) is 7.25. The third-order valence-electron chi connectivity index (χ3n) is 3.86. The normalized spacial score (nSPS) is 14.8. The number of anilines is 1. The lowest BCUT2D eigenvalue weighted by Gasteiger charge is -2.29. The molecule has 1 rings (SSSR count). The molecule has 6 heteroatoms. The van der Waals surface area contributed by atoms with E-state index >= 15 is 0 Å². The van der Waals surface area contributed by atoms with Crippen LogP contribution in [0.4, 0.5) is 5.69 Å². The van der Waals surface area contributed by atoms with Gasteiger partial charge in [0.25, 0.3) is 0 Å². The topological polar surface area (TPSA) is 78.4 Å². The fraction of sp³-hybridized carbons (Fsp3) is 0.500. The van der Waals surface area contributed by atoms with Gasteiger partial charge in [-0.2, -0.15) is 0 Å². The lowest BCUT2D eigenvalue weighted by atomic mass is 9.89. The molecule has 0 aromatic heterocycles. The SMILES string of the molecule is CCC(C)C(C)(O)CNC(=O)C(=O)Nc1ccc(C)cc1Cl. The van der Waals surface area contributed by atoms with Gasteiger partial charge in [0, 0.05) is 6.54 Å². The molecule has 0 saturated carbocycles. The molecule has 0 bridgehead atoms. The summed E-state index contributed by atoms with van der Waals surface area (Å²) in [4.78, 5) is 23.6. The zero-order valence-corrected chi connectivity index (χ0v) is 14.1. The molecule has 122 valence electrons. The van der Waals surface area contributed by atoms with E-state index in [0.29, 0.717) is 10.7 Å². The third kappa shape index (κ3) is 5.00. The zero-order valence-electron chi connectivity index (χ0n) is 13.4. The van der Waals surface area contributed by atoms with Crippen LogP contribution in [0.25, 0.3) is 0 Å². The Bertz CT molecular complexity index is 558. The van der Waals surface area contributed by atoms with Gasteiger partial charge in [0.1, 0.15) is 0 Å². The third-order valence-corrected chi connectivity index (χ3v) is 4.17. The number of hydrogen-bond donors (Lipinski definition) is 3. The number of aliphatic hydroxyl groups is 1. The van der Waals surface area contributed by atoms with Crippen LogP contribution in [0.3, 0.4) is 0 Å². The van der Waals surface area contributed by atoms with Crippen molar-refractivity contribution >= 4 is 29.1 Å². The fourth-order valence-corrected chi connectivity index (χ4v) is 2.14. The minimum atomic E-state index is -1.06. The van der Waals surface area contributed by atoms with Gasteiger partial charge < -0.3 is 15.7 Å². The number of aryl methyl sites for hydroxylation is 1. The minimum Gasteiger partial charge on any atom is -0.388 e. The molecule has 1 aromatic rings. The van der Waals surface area contributed by atoms with Crippen molar-refractivity contribution in [1.29, 1.82) is 0 Å². The summed E-state index contributed by atoms with van der Waals surface area (Å²) in [5.41, 5.74) is 0.268. The number of hydrogen-bond acceptors (Lipinski definition) is 3. The van der Waals surface area contributed by atoms with E-state index in [0.717, 1.165) is 12.0 Å². The van der Waals surface area contributed by atoms with E-state index in [4.69, 9.17) is 11.6 Å². The monoisotopic (exact) mass is 326 g/mol. The van der Waals surface area contributed by atoms with Gasteiger partial charge in [-0.25, -0.2) is 0 Å². The van der Waals surface area contributed by atoms with Crippen molar-refractivity contribution in [2.24, 2.45) is 5.92 Å². The van der Waals surface area contributed by atoms with E-state index in [1.807, 2.05) is 20.8 Å². The Kier molecular flexibility index (Phi) is 6.38. The predicted molar refractivity (Wildman–Crippen MR) is 87.9 cm³/mol. The Labute approximate surface area is 136 Å². The molecular weight excluding hydrogens is 304 g/mol. The van der Waals surface area contributed by atoms with Gasteiger partial charge in [-0.3, -0.25) is 9.59 Å². The highest BCUT2D eigenvalue weighted by molar-refractivity contribution is 6.41. The number of carbonyl (C=O) groups is 2. The average Bonchev–Trinajstić information content (AvgIpc) is 2.46. The molecule has 3 N–H and O–H groups in total. The Hall–Kier alpha value is -1.59. The molecule has 0 saturated heterocycles. The van der Waals surface area contributed by atoms with E-state index in [-0.39, 0.29) is 12.5 Å². The predicted octanol–water partition coefficient (Wildman–Crippen LogP) is 2.50. The lowest BCUT2D eigenvalue weighted by Crippen LogP contribution is -2.47. The van der Waals surface area contributed by atoms with Crippen LogP contribution in [0.15, 0.2) is 18.2 Å². The molecule has 1 aromatic carbocycles. The van der Waals surface area contributed by atoms with Crippen molar-refractivity contribution in [1.82, 2.24) is 5.32 Å². The van der Waals surface area contributed by atoms with Crippen LogP contribution in [0, 0.1) is 12.8 Å². The molecular formula is C16H23ClN2O3. The molecule has 2 unspecified atom stereocenters. The van der Waals surface area contributed by atoms with E-state index < -0.39 is 17.4 Å². The van der Waals surface area contributed by atoms with Crippen LogP contribution < -0.4 is 10.6 Å². The van der Waals surface area contributed by atoms with Gasteiger partial charge in [-0.05, 0) is 37.5 Å². The maximum atomic E-state index is 11.8. The van der Waals surface area contributed by atoms with Crippen molar-refractivity contribution in [2.45, 2.75) is 39.7 Å². The second-order valence-corrected chi connectivity index (χ2v) is 6.19.